The van der Waals surface area contributed by atoms with Gasteiger partial charge in [-0.05, 0) is 33.2 Å². The molecule has 23 heavy (non-hydrogen) atoms. The van der Waals surface area contributed by atoms with Crippen molar-refractivity contribution in [2.75, 3.05) is 39.4 Å². The molecule has 0 spiro atoms. The van der Waals surface area contributed by atoms with Crippen molar-refractivity contribution in [3.05, 3.63) is 11.6 Å². The number of amides is 1. The lowest BCUT2D eigenvalue weighted by Crippen LogP contribution is -2.42. The molecule has 2 aliphatic heterocycles. The van der Waals surface area contributed by atoms with Gasteiger partial charge in [0.1, 0.15) is 11.6 Å². The van der Waals surface area contributed by atoms with Crippen LogP contribution < -0.4 is 0 Å². The maximum Gasteiger partial charge on any atom is 0.224 e. The zero-order chi connectivity index (χ0) is 16.2. The van der Waals surface area contributed by atoms with Crippen LogP contribution in [0.3, 0.4) is 0 Å². The van der Waals surface area contributed by atoms with E-state index in [1.54, 1.807) is 0 Å². The van der Waals surface area contributed by atoms with Gasteiger partial charge in [-0.1, -0.05) is 0 Å². The van der Waals surface area contributed by atoms with E-state index in [-0.39, 0.29) is 5.91 Å². The molecule has 0 aliphatic carbocycles. The molecule has 0 aromatic carbocycles. The van der Waals surface area contributed by atoms with Gasteiger partial charge in [0.25, 0.3) is 0 Å². The Hall–Kier alpha value is -1.47. The monoisotopic (exact) mass is 321 g/mol. The van der Waals surface area contributed by atoms with E-state index in [1.165, 1.54) is 12.8 Å². The molecule has 1 amide bonds. The number of aromatic nitrogens is 3. The number of rotatable bonds is 5. The number of carbonyl (C=O) groups excluding carboxylic acids is 1. The lowest BCUT2D eigenvalue weighted by atomic mass is 10.2. The number of hydrogen-bond donors (Lipinski definition) is 0. The molecule has 1 atom stereocenters. The van der Waals surface area contributed by atoms with Crippen molar-refractivity contribution in [2.45, 2.75) is 45.7 Å². The molecule has 0 radical (unpaired) electrons. The first-order valence-electron chi connectivity index (χ1n) is 8.61. The highest BCUT2D eigenvalue weighted by atomic mass is 16.5. The number of carbonyl (C=O) groups is 1. The van der Waals surface area contributed by atoms with Gasteiger partial charge in [0.15, 0.2) is 0 Å². The molecule has 1 aromatic heterocycles. The van der Waals surface area contributed by atoms with Crippen LogP contribution in [0.25, 0.3) is 0 Å². The van der Waals surface area contributed by atoms with Gasteiger partial charge in [0, 0.05) is 32.1 Å². The van der Waals surface area contributed by atoms with Gasteiger partial charge < -0.3 is 9.64 Å². The molecule has 2 fully saturated rings. The van der Waals surface area contributed by atoms with Crippen molar-refractivity contribution < 1.29 is 9.53 Å². The third-order valence-electron chi connectivity index (χ3n) is 4.82. The number of nitrogens with zero attached hydrogens (tertiary/aromatic N) is 5. The quantitative estimate of drug-likeness (QED) is 0.795. The fraction of sp³-hybridized carbons (Fsp3) is 0.812. The predicted octanol–water partition coefficient (Wildman–Crippen LogP) is 0.608. The number of hydrogen-bond acceptors (Lipinski definition) is 5. The Morgan fingerprint density at radius 2 is 2.04 bits per heavy atom. The lowest BCUT2D eigenvalue weighted by molar-refractivity contribution is -0.135. The van der Waals surface area contributed by atoms with Crippen LogP contribution in [0.2, 0.25) is 0 Å². The highest BCUT2D eigenvalue weighted by Crippen LogP contribution is 2.19. The van der Waals surface area contributed by atoms with Crippen molar-refractivity contribution >= 4 is 5.91 Å². The summed E-state index contributed by atoms with van der Waals surface area (Å²) in [6, 6.07) is 0.465. The summed E-state index contributed by atoms with van der Waals surface area (Å²) in [5, 5.41) is 4.47. The smallest absolute Gasteiger partial charge is 0.224 e. The molecule has 2 saturated heterocycles. The van der Waals surface area contributed by atoms with E-state index in [0.29, 0.717) is 25.7 Å². The fourth-order valence-electron chi connectivity index (χ4n) is 3.54. The molecule has 7 heteroatoms. The van der Waals surface area contributed by atoms with E-state index < -0.39 is 0 Å². The molecule has 0 bridgehead atoms. The summed E-state index contributed by atoms with van der Waals surface area (Å²) in [6.45, 7) is 9.53. The fourth-order valence-corrected chi connectivity index (χ4v) is 3.54. The van der Waals surface area contributed by atoms with E-state index in [0.717, 1.165) is 44.4 Å². The van der Waals surface area contributed by atoms with Gasteiger partial charge in [-0.25, -0.2) is 9.67 Å². The molecule has 3 rings (SSSR count). The summed E-state index contributed by atoms with van der Waals surface area (Å²) in [4.78, 5) is 21.0. The topological polar surface area (TPSA) is 63.5 Å². The second-order valence-corrected chi connectivity index (χ2v) is 6.46. The Kier molecular flexibility index (Phi) is 5.27. The van der Waals surface area contributed by atoms with Crippen molar-refractivity contribution in [3.63, 3.8) is 0 Å². The molecule has 2 aliphatic rings. The van der Waals surface area contributed by atoms with E-state index in [9.17, 15) is 4.79 Å². The van der Waals surface area contributed by atoms with Gasteiger partial charge >= 0.3 is 0 Å². The Balaban J connectivity index is 1.50. The average molecular weight is 321 g/mol. The summed E-state index contributed by atoms with van der Waals surface area (Å²) in [5.41, 5.74) is 0. The number of morpholine rings is 1. The average Bonchev–Trinajstić information content (AvgIpc) is 3.12. The molecular weight excluding hydrogens is 294 g/mol. The Morgan fingerprint density at radius 1 is 1.26 bits per heavy atom. The van der Waals surface area contributed by atoms with Gasteiger partial charge in [-0.2, -0.15) is 5.10 Å². The Morgan fingerprint density at radius 3 is 2.74 bits per heavy atom. The zero-order valence-corrected chi connectivity index (χ0v) is 14.2. The van der Waals surface area contributed by atoms with Crippen molar-refractivity contribution in [1.82, 2.24) is 24.6 Å². The first kappa shape index (κ1) is 16.4. The van der Waals surface area contributed by atoms with Crippen LogP contribution in [0.4, 0.5) is 0 Å². The van der Waals surface area contributed by atoms with Crippen LogP contribution in [-0.2, 0) is 16.1 Å². The Bertz CT molecular complexity index is 539. The third kappa shape index (κ3) is 4.09. The number of likely N-dealkylation sites (tertiary alicyclic amines) is 1. The van der Waals surface area contributed by atoms with Crippen LogP contribution >= 0.6 is 0 Å². The van der Waals surface area contributed by atoms with Crippen LogP contribution in [-0.4, -0.2) is 75.9 Å². The maximum atomic E-state index is 12.3. The summed E-state index contributed by atoms with van der Waals surface area (Å²) >= 11 is 0. The van der Waals surface area contributed by atoms with Gasteiger partial charge in [0.05, 0.1) is 19.8 Å². The van der Waals surface area contributed by atoms with Gasteiger partial charge in [0.2, 0.25) is 5.91 Å². The summed E-state index contributed by atoms with van der Waals surface area (Å²) in [6.07, 6.45) is 2.97. The number of aryl methyl sites for hydroxylation is 2. The largest absolute Gasteiger partial charge is 0.378 e. The molecule has 0 N–H and O–H groups in total. The van der Waals surface area contributed by atoms with E-state index in [4.69, 9.17) is 4.74 Å². The Labute approximate surface area is 137 Å². The first-order chi connectivity index (χ1) is 11.1. The SMILES string of the molecule is Cc1nc(C)n(C[C@@H]2CCCN2CCC(=O)N2CCOCC2)n1. The lowest BCUT2D eigenvalue weighted by Gasteiger charge is -2.29. The molecule has 1 aromatic rings. The third-order valence-corrected chi connectivity index (χ3v) is 4.82. The molecule has 7 nitrogen and oxygen atoms in total. The van der Waals surface area contributed by atoms with Crippen LogP contribution in [0, 0.1) is 13.8 Å². The normalized spacial score (nSPS) is 22.7. The van der Waals surface area contributed by atoms with E-state index in [1.807, 2.05) is 23.4 Å². The van der Waals surface area contributed by atoms with Crippen molar-refractivity contribution in [2.24, 2.45) is 0 Å². The van der Waals surface area contributed by atoms with Gasteiger partial charge in [-0.3, -0.25) is 9.69 Å². The second kappa shape index (κ2) is 7.40. The van der Waals surface area contributed by atoms with E-state index in [2.05, 4.69) is 15.0 Å². The summed E-state index contributed by atoms with van der Waals surface area (Å²) in [7, 11) is 0. The van der Waals surface area contributed by atoms with Crippen LogP contribution in [0.5, 0.6) is 0 Å². The highest BCUT2D eigenvalue weighted by molar-refractivity contribution is 5.76. The zero-order valence-electron chi connectivity index (χ0n) is 14.2. The molecular formula is C16H27N5O2. The molecule has 0 saturated carbocycles. The van der Waals surface area contributed by atoms with Crippen molar-refractivity contribution in [3.8, 4) is 0 Å². The molecule has 0 unspecified atom stereocenters. The van der Waals surface area contributed by atoms with E-state index >= 15 is 0 Å². The standard InChI is InChI=1S/C16H27N5O2/c1-13-17-14(2)21(18-13)12-15-4-3-6-19(15)7-5-16(22)20-8-10-23-11-9-20/h15H,3-12H2,1-2H3/t15-/m0/s1. The van der Waals surface area contributed by atoms with Crippen LogP contribution in [0.15, 0.2) is 0 Å². The molecule has 3 heterocycles. The first-order valence-corrected chi connectivity index (χ1v) is 8.61. The highest BCUT2D eigenvalue weighted by Gasteiger charge is 2.27. The predicted molar refractivity (Wildman–Crippen MR) is 86.1 cm³/mol. The summed E-state index contributed by atoms with van der Waals surface area (Å²) in [5.74, 6) is 2.06. The van der Waals surface area contributed by atoms with Crippen molar-refractivity contribution in [1.29, 1.82) is 0 Å². The maximum absolute atomic E-state index is 12.3. The second-order valence-electron chi connectivity index (χ2n) is 6.46. The van der Waals surface area contributed by atoms with Crippen LogP contribution in [0.1, 0.15) is 30.9 Å². The minimum absolute atomic E-state index is 0.256. The minimum Gasteiger partial charge on any atom is -0.378 e. The molecule has 128 valence electrons. The van der Waals surface area contributed by atoms with Gasteiger partial charge in [-0.15, -0.1) is 0 Å². The minimum atomic E-state index is 0.256. The summed E-state index contributed by atoms with van der Waals surface area (Å²) < 4.78 is 7.31. The number of ether oxygens (including phenoxy) is 1.